The van der Waals surface area contributed by atoms with Crippen molar-refractivity contribution in [2.75, 3.05) is 0 Å². The molecule has 128 valence electrons. The number of allylic oxidation sites excluding steroid dienone is 1. The molecule has 0 spiro atoms. The van der Waals surface area contributed by atoms with Gasteiger partial charge in [0, 0.05) is 28.2 Å². The van der Waals surface area contributed by atoms with Gasteiger partial charge in [-0.2, -0.15) is 0 Å². The van der Waals surface area contributed by atoms with Crippen LogP contribution in [0.1, 0.15) is 77.2 Å². The van der Waals surface area contributed by atoms with E-state index in [2.05, 4.69) is 43.6 Å². The van der Waals surface area contributed by atoms with Crippen molar-refractivity contribution in [3.8, 4) is 12.3 Å². The highest BCUT2D eigenvalue weighted by Crippen LogP contribution is 2.46. The molecule has 2 aliphatic rings. The van der Waals surface area contributed by atoms with Crippen molar-refractivity contribution < 1.29 is 0 Å². The Morgan fingerprint density at radius 3 is 2.79 bits per heavy atom. The third-order valence-electron chi connectivity index (χ3n) is 6.23. The van der Waals surface area contributed by atoms with Gasteiger partial charge in [0.2, 0.25) is 0 Å². The number of rotatable bonds is 6. The monoisotopic (exact) mass is 321 g/mol. The van der Waals surface area contributed by atoms with Gasteiger partial charge in [-0.25, -0.2) is 0 Å². The summed E-state index contributed by atoms with van der Waals surface area (Å²) in [7, 11) is 0. The van der Waals surface area contributed by atoms with Crippen LogP contribution in [0.4, 0.5) is 0 Å². The molecule has 1 fully saturated rings. The maximum absolute atomic E-state index is 5.62. The minimum absolute atomic E-state index is 0.226. The summed E-state index contributed by atoms with van der Waals surface area (Å²) in [5.74, 6) is 3.10. The standard InChI is InChI=1S/C23H31N/c1-5-10-23(11-7-8-12-23)13-9-17(3)20-16-24-21-15-19(6-2)14-18(4)22(20)21/h2,15-16,19,24H,3,5,7-14H2,1,4H3. The Morgan fingerprint density at radius 2 is 2.12 bits per heavy atom. The normalized spacial score (nSPS) is 21.9. The highest BCUT2D eigenvalue weighted by molar-refractivity contribution is 5.68. The van der Waals surface area contributed by atoms with Crippen LogP contribution in [0.5, 0.6) is 0 Å². The maximum atomic E-state index is 5.62. The molecule has 1 heterocycles. The molecule has 0 amide bonds. The molecule has 0 saturated heterocycles. The molecular weight excluding hydrogens is 290 g/mol. The van der Waals surface area contributed by atoms with Gasteiger partial charge < -0.3 is 4.98 Å². The van der Waals surface area contributed by atoms with E-state index in [1.54, 1.807) is 0 Å². The van der Waals surface area contributed by atoms with Crippen molar-refractivity contribution in [2.45, 2.75) is 71.6 Å². The fourth-order valence-electron chi connectivity index (χ4n) is 4.94. The Balaban J connectivity index is 1.79. The molecular formula is C23H31N. The second-order valence-electron chi connectivity index (χ2n) is 7.98. The second-order valence-corrected chi connectivity index (χ2v) is 7.98. The largest absolute Gasteiger partial charge is 0.361 e. The fourth-order valence-corrected chi connectivity index (χ4v) is 4.94. The lowest BCUT2D eigenvalue weighted by atomic mass is 9.76. The van der Waals surface area contributed by atoms with Gasteiger partial charge in [0.15, 0.2) is 0 Å². The molecule has 0 aromatic carbocycles. The molecule has 1 N–H and O–H groups in total. The first-order valence-electron chi connectivity index (χ1n) is 9.62. The molecule has 1 aromatic rings. The van der Waals surface area contributed by atoms with Gasteiger partial charge in [0.25, 0.3) is 0 Å². The summed E-state index contributed by atoms with van der Waals surface area (Å²) >= 11 is 0. The number of H-pyrrole nitrogens is 1. The smallest absolute Gasteiger partial charge is 0.0440 e. The number of aromatic amines is 1. The average molecular weight is 322 g/mol. The number of aromatic nitrogens is 1. The molecule has 1 aromatic heterocycles. The first-order chi connectivity index (χ1) is 11.6. The molecule has 2 aliphatic carbocycles. The van der Waals surface area contributed by atoms with Crippen LogP contribution in [0.15, 0.2) is 12.8 Å². The van der Waals surface area contributed by atoms with Gasteiger partial charge in [-0.3, -0.25) is 0 Å². The summed E-state index contributed by atoms with van der Waals surface area (Å²) in [5.41, 5.74) is 4.60. The van der Waals surface area contributed by atoms with Crippen LogP contribution in [0, 0.1) is 23.7 Å². The van der Waals surface area contributed by atoms with Crippen LogP contribution < -0.4 is 10.6 Å². The summed E-state index contributed by atoms with van der Waals surface area (Å²) in [6.07, 6.45) is 21.7. The summed E-state index contributed by atoms with van der Waals surface area (Å²) in [5, 5.41) is 2.56. The first kappa shape index (κ1) is 17.2. The topological polar surface area (TPSA) is 15.8 Å². The van der Waals surface area contributed by atoms with Crippen molar-refractivity contribution in [1.29, 1.82) is 0 Å². The second kappa shape index (κ2) is 7.06. The van der Waals surface area contributed by atoms with E-state index in [9.17, 15) is 0 Å². The van der Waals surface area contributed by atoms with E-state index in [-0.39, 0.29) is 5.92 Å². The number of hydrogen-bond acceptors (Lipinski definition) is 0. The molecule has 3 rings (SSSR count). The zero-order valence-corrected chi connectivity index (χ0v) is 15.4. The highest BCUT2D eigenvalue weighted by Gasteiger charge is 2.32. The average Bonchev–Trinajstić information content (AvgIpc) is 3.20. The van der Waals surface area contributed by atoms with Gasteiger partial charge in [0.1, 0.15) is 0 Å². The zero-order chi connectivity index (χ0) is 17.2. The van der Waals surface area contributed by atoms with E-state index >= 15 is 0 Å². The predicted octanol–water partition coefficient (Wildman–Crippen LogP) is 4.77. The summed E-state index contributed by atoms with van der Waals surface area (Å²) in [6, 6.07) is 0. The SMILES string of the molecule is C#CC1C=c2[nH]cc(C(=C)CCC3(CCC)CCCC3)c2=C(C)C1. The van der Waals surface area contributed by atoms with Crippen molar-refractivity contribution in [2.24, 2.45) is 11.3 Å². The van der Waals surface area contributed by atoms with Crippen molar-refractivity contribution in [3.63, 3.8) is 0 Å². The summed E-state index contributed by atoms with van der Waals surface area (Å²) in [4.78, 5) is 3.43. The Kier molecular flexibility index (Phi) is 5.04. The quantitative estimate of drug-likeness (QED) is 0.726. The number of hydrogen-bond donors (Lipinski definition) is 1. The van der Waals surface area contributed by atoms with E-state index in [0.29, 0.717) is 5.41 Å². The van der Waals surface area contributed by atoms with Crippen molar-refractivity contribution >= 4 is 17.2 Å². The van der Waals surface area contributed by atoms with E-state index in [1.807, 2.05) is 0 Å². The Labute approximate surface area is 146 Å². The Hall–Kier alpha value is -1.68. The minimum Gasteiger partial charge on any atom is -0.361 e. The molecule has 0 aliphatic heterocycles. The molecule has 1 unspecified atom stereocenters. The Bertz CT molecular complexity index is 762. The fraction of sp³-hybridized carbons (Fsp3) is 0.565. The highest BCUT2D eigenvalue weighted by atomic mass is 14.7. The van der Waals surface area contributed by atoms with Crippen LogP contribution in [-0.2, 0) is 0 Å². The molecule has 1 nitrogen and oxygen atoms in total. The predicted molar refractivity (Wildman–Crippen MR) is 105 cm³/mol. The van der Waals surface area contributed by atoms with Crippen LogP contribution in [-0.4, -0.2) is 4.98 Å². The molecule has 0 radical (unpaired) electrons. The van der Waals surface area contributed by atoms with E-state index in [0.717, 1.165) is 12.8 Å². The number of nitrogens with one attached hydrogen (secondary N) is 1. The van der Waals surface area contributed by atoms with Gasteiger partial charge in [-0.15, -0.1) is 6.42 Å². The molecule has 1 atom stereocenters. The molecule has 1 heteroatoms. The summed E-state index contributed by atoms with van der Waals surface area (Å²) in [6.45, 7) is 8.99. The number of terminal acetylenes is 1. The lowest BCUT2D eigenvalue weighted by molar-refractivity contribution is 0.249. The van der Waals surface area contributed by atoms with Crippen LogP contribution in [0.2, 0.25) is 0 Å². The lowest BCUT2D eigenvalue weighted by Gasteiger charge is -2.29. The van der Waals surface area contributed by atoms with Gasteiger partial charge in [-0.05, 0) is 62.5 Å². The van der Waals surface area contributed by atoms with E-state index in [1.165, 1.54) is 72.2 Å². The molecule has 24 heavy (non-hydrogen) atoms. The van der Waals surface area contributed by atoms with Gasteiger partial charge in [-0.1, -0.05) is 44.3 Å². The third-order valence-corrected chi connectivity index (χ3v) is 6.23. The first-order valence-corrected chi connectivity index (χ1v) is 9.62. The third kappa shape index (κ3) is 3.25. The van der Waals surface area contributed by atoms with Gasteiger partial charge >= 0.3 is 0 Å². The lowest BCUT2D eigenvalue weighted by Crippen LogP contribution is -2.31. The van der Waals surface area contributed by atoms with Crippen LogP contribution >= 0.6 is 0 Å². The van der Waals surface area contributed by atoms with Gasteiger partial charge in [0.05, 0.1) is 0 Å². The van der Waals surface area contributed by atoms with E-state index < -0.39 is 0 Å². The van der Waals surface area contributed by atoms with Crippen molar-refractivity contribution in [3.05, 3.63) is 28.9 Å². The summed E-state index contributed by atoms with van der Waals surface area (Å²) < 4.78 is 0. The maximum Gasteiger partial charge on any atom is 0.0440 e. The zero-order valence-electron chi connectivity index (χ0n) is 15.4. The number of fused-ring (bicyclic) bond motifs is 1. The minimum atomic E-state index is 0.226. The van der Waals surface area contributed by atoms with E-state index in [4.69, 9.17) is 6.42 Å². The Morgan fingerprint density at radius 1 is 1.38 bits per heavy atom. The van der Waals surface area contributed by atoms with Crippen LogP contribution in [0.3, 0.4) is 0 Å². The molecule has 0 bridgehead atoms. The van der Waals surface area contributed by atoms with Crippen LogP contribution in [0.25, 0.3) is 17.2 Å². The van der Waals surface area contributed by atoms with Crippen molar-refractivity contribution in [1.82, 2.24) is 4.98 Å². The molecule has 1 saturated carbocycles.